The monoisotopic (exact) mass is 251 g/mol. The molecule has 1 aromatic rings. The number of hydrogen-bond acceptors (Lipinski definition) is 4. The highest BCUT2D eigenvalue weighted by Crippen LogP contribution is 2.28. The van der Waals surface area contributed by atoms with E-state index >= 15 is 0 Å². The van der Waals surface area contributed by atoms with E-state index in [2.05, 4.69) is 5.32 Å². The van der Waals surface area contributed by atoms with Gasteiger partial charge in [0.1, 0.15) is 11.5 Å². The van der Waals surface area contributed by atoms with Gasteiger partial charge in [-0.25, -0.2) is 0 Å². The number of carbonyl (C=O) groups is 1. The third kappa shape index (κ3) is 3.47. The van der Waals surface area contributed by atoms with Gasteiger partial charge < -0.3 is 14.8 Å². The summed E-state index contributed by atoms with van der Waals surface area (Å²) in [5.74, 6) is 1.28. The molecule has 0 spiro atoms. The van der Waals surface area contributed by atoms with Crippen LogP contribution in [-0.4, -0.2) is 32.6 Å². The Morgan fingerprint density at radius 3 is 2.44 bits per heavy atom. The molecule has 0 aromatic heterocycles. The van der Waals surface area contributed by atoms with Crippen LogP contribution in [0.1, 0.15) is 29.8 Å². The summed E-state index contributed by atoms with van der Waals surface area (Å²) in [6.45, 7) is 6.20. The average molecular weight is 251 g/mol. The molecule has 0 aliphatic heterocycles. The Hall–Kier alpha value is -1.55. The minimum Gasteiger partial charge on any atom is -0.497 e. The fourth-order valence-corrected chi connectivity index (χ4v) is 1.74. The van der Waals surface area contributed by atoms with Crippen molar-refractivity contribution in [1.29, 1.82) is 0 Å². The van der Waals surface area contributed by atoms with Crippen LogP contribution in [0.2, 0.25) is 0 Å². The minimum absolute atomic E-state index is 0.0284. The van der Waals surface area contributed by atoms with Crippen LogP contribution in [0.4, 0.5) is 0 Å². The molecular formula is C14H21NO3. The molecule has 1 rings (SSSR count). The standard InChI is InChI=1S/C14H21NO3/c1-9(2)15-8-12(16)14-10(3)6-11(17-4)7-13(14)18-5/h6-7,9,15H,8H2,1-5H3. The molecule has 4 nitrogen and oxygen atoms in total. The van der Waals surface area contributed by atoms with Crippen molar-refractivity contribution in [3.8, 4) is 11.5 Å². The maximum absolute atomic E-state index is 12.2. The van der Waals surface area contributed by atoms with Crippen LogP contribution < -0.4 is 14.8 Å². The Balaban J connectivity index is 3.03. The number of carbonyl (C=O) groups excluding carboxylic acids is 1. The van der Waals surface area contributed by atoms with Gasteiger partial charge in [0, 0.05) is 12.1 Å². The molecule has 0 bridgehead atoms. The van der Waals surface area contributed by atoms with E-state index < -0.39 is 0 Å². The van der Waals surface area contributed by atoms with Crippen molar-refractivity contribution in [2.45, 2.75) is 26.8 Å². The molecule has 0 fully saturated rings. The van der Waals surface area contributed by atoms with Gasteiger partial charge in [-0.15, -0.1) is 0 Å². The topological polar surface area (TPSA) is 47.6 Å². The maximum Gasteiger partial charge on any atom is 0.180 e. The summed E-state index contributed by atoms with van der Waals surface area (Å²) < 4.78 is 10.4. The van der Waals surface area contributed by atoms with Gasteiger partial charge in [-0.05, 0) is 18.6 Å². The van der Waals surface area contributed by atoms with Crippen LogP contribution in [0.5, 0.6) is 11.5 Å². The molecule has 0 heterocycles. The molecule has 1 aromatic carbocycles. The molecule has 1 N–H and O–H groups in total. The molecule has 18 heavy (non-hydrogen) atoms. The SMILES string of the molecule is COc1cc(C)c(C(=O)CNC(C)C)c(OC)c1. The van der Waals surface area contributed by atoms with E-state index in [9.17, 15) is 4.79 Å². The largest absolute Gasteiger partial charge is 0.497 e. The zero-order valence-electron chi connectivity index (χ0n) is 11.7. The molecule has 0 amide bonds. The third-order valence-corrected chi connectivity index (χ3v) is 2.68. The van der Waals surface area contributed by atoms with Crippen molar-refractivity contribution in [2.75, 3.05) is 20.8 Å². The Labute approximate surface area is 108 Å². The van der Waals surface area contributed by atoms with E-state index in [0.717, 1.165) is 5.56 Å². The number of methoxy groups -OCH3 is 2. The van der Waals surface area contributed by atoms with Gasteiger partial charge in [-0.2, -0.15) is 0 Å². The number of Topliss-reactive ketones (excluding diaryl/α,β-unsaturated/α-hetero) is 1. The van der Waals surface area contributed by atoms with Crippen molar-refractivity contribution in [2.24, 2.45) is 0 Å². The van der Waals surface area contributed by atoms with Gasteiger partial charge in [0.15, 0.2) is 5.78 Å². The first-order valence-electron chi connectivity index (χ1n) is 5.98. The highest BCUT2D eigenvalue weighted by Gasteiger charge is 2.16. The third-order valence-electron chi connectivity index (χ3n) is 2.68. The van der Waals surface area contributed by atoms with Crippen molar-refractivity contribution >= 4 is 5.78 Å². The summed E-state index contributed by atoms with van der Waals surface area (Å²) >= 11 is 0. The summed E-state index contributed by atoms with van der Waals surface area (Å²) in [6.07, 6.45) is 0. The predicted molar refractivity (Wildman–Crippen MR) is 71.8 cm³/mol. The van der Waals surface area contributed by atoms with Crippen LogP contribution in [0, 0.1) is 6.92 Å². The Morgan fingerprint density at radius 2 is 1.94 bits per heavy atom. The molecule has 0 atom stereocenters. The lowest BCUT2D eigenvalue weighted by Gasteiger charge is -2.14. The zero-order valence-corrected chi connectivity index (χ0v) is 11.7. The zero-order chi connectivity index (χ0) is 13.7. The highest BCUT2D eigenvalue weighted by atomic mass is 16.5. The van der Waals surface area contributed by atoms with Gasteiger partial charge in [0.2, 0.25) is 0 Å². The molecule has 100 valence electrons. The lowest BCUT2D eigenvalue weighted by atomic mass is 10.0. The van der Waals surface area contributed by atoms with Crippen molar-refractivity contribution in [3.05, 3.63) is 23.3 Å². The van der Waals surface area contributed by atoms with E-state index in [1.54, 1.807) is 20.3 Å². The maximum atomic E-state index is 12.2. The molecule has 0 unspecified atom stereocenters. The Bertz CT molecular complexity index is 427. The molecular weight excluding hydrogens is 230 g/mol. The minimum atomic E-state index is 0.0284. The van der Waals surface area contributed by atoms with E-state index in [4.69, 9.17) is 9.47 Å². The number of rotatable bonds is 6. The average Bonchev–Trinajstić information content (AvgIpc) is 2.34. The second-order valence-electron chi connectivity index (χ2n) is 4.48. The first-order chi connectivity index (χ1) is 8.49. The van der Waals surface area contributed by atoms with E-state index in [1.165, 1.54) is 0 Å². The van der Waals surface area contributed by atoms with E-state index in [0.29, 0.717) is 23.6 Å². The lowest BCUT2D eigenvalue weighted by Crippen LogP contribution is -2.29. The lowest BCUT2D eigenvalue weighted by molar-refractivity contribution is 0.0985. The summed E-state index contributed by atoms with van der Waals surface area (Å²) in [6, 6.07) is 3.85. The number of ketones is 1. The van der Waals surface area contributed by atoms with Crippen LogP contribution in [-0.2, 0) is 0 Å². The van der Waals surface area contributed by atoms with Crippen LogP contribution in [0.25, 0.3) is 0 Å². The van der Waals surface area contributed by atoms with Crippen molar-refractivity contribution in [3.63, 3.8) is 0 Å². The fraction of sp³-hybridized carbons (Fsp3) is 0.500. The summed E-state index contributed by atoms with van der Waals surface area (Å²) in [5, 5.41) is 3.11. The Morgan fingerprint density at radius 1 is 1.28 bits per heavy atom. The summed E-state index contributed by atoms with van der Waals surface area (Å²) in [4.78, 5) is 12.2. The normalized spacial score (nSPS) is 10.6. The molecule has 0 aliphatic rings. The van der Waals surface area contributed by atoms with Gasteiger partial charge in [-0.3, -0.25) is 4.79 Å². The first-order valence-corrected chi connectivity index (χ1v) is 5.98. The molecule has 0 radical (unpaired) electrons. The number of hydrogen-bond donors (Lipinski definition) is 1. The highest BCUT2D eigenvalue weighted by molar-refractivity contribution is 6.01. The number of aryl methyl sites for hydroxylation is 1. The number of nitrogens with one attached hydrogen (secondary N) is 1. The van der Waals surface area contributed by atoms with Crippen LogP contribution in [0.15, 0.2) is 12.1 Å². The van der Waals surface area contributed by atoms with Crippen LogP contribution in [0.3, 0.4) is 0 Å². The van der Waals surface area contributed by atoms with Crippen LogP contribution >= 0.6 is 0 Å². The second-order valence-corrected chi connectivity index (χ2v) is 4.48. The molecule has 0 saturated carbocycles. The number of benzene rings is 1. The van der Waals surface area contributed by atoms with E-state index in [1.807, 2.05) is 26.8 Å². The number of ether oxygens (including phenoxy) is 2. The van der Waals surface area contributed by atoms with Crippen molar-refractivity contribution in [1.82, 2.24) is 5.32 Å². The molecule has 4 heteroatoms. The van der Waals surface area contributed by atoms with Gasteiger partial charge >= 0.3 is 0 Å². The van der Waals surface area contributed by atoms with Crippen molar-refractivity contribution < 1.29 is 14.3 Å². The van der Waals surface area contributed by atoms with Gasteiger partial charge in [-0.1, -0.05) is 13.8 Å². The van der Waals surface area contributed by atoms with Gasteiger partial charge in [0.05, 0.1) is 26.3 Å². The smallest absolute Gasteiger partial charge is 0.180 e. The molecule has 0 aliphatic carbocycles. The second kappa shape index (κ2) is 6.40. The quantitative estimate of drug-likeness (QED) is 0.787. The summed E-state index contributed by atoms with van der Waals surface area (Å²) in [5.41, 5.74) is 1.48. The predicted octanol–water partition coefficient (Wildman–Crippen LogP) is 2.19. The fourth-order valence-electron chi connectivity index (χ4n) is 1.74. The first kappa shape index (κ1) is 14.5. The molecule has 0 saturated heterocycles. The summed E-state index contributed by atoms with van der Waals surface area (Å²) in [7, 11) is 3.15. The van der Waals surface area contributed by atoms with E-state index in [-0.39, 0.29) is 11.8 Å². The Kier molecular flexibility index (Phi) is 5.16. The van der Waals surface area contributed by atoms with Gasteiger partial charge in [0.25, 0.3) is 0 Å².